The number of rotatable bonds is 11. The van der Waals surface area contributed by atoms with Crippen LogP contribution in [0.5, 0.6) is 0 Å². The average molecular weight is 662 g/mol. The molecule has 0 aliphatic heterocycles. The molecule has 10 heteroatoms. The Balaban J connectivity index is 0.000000784. The minimum atomic E-state index is -1.50. The van der Waals surface area contributed by atoms with Crippen LogP contribution in [0.25, 0.3) is 20.8 Å². The lowest BCUT2D eigenvalue weighted by atomic mass is 10.1. The predicted molar refractivity (Wildman–Crippen MR) is 194 cm³/mol. The molecule has 2 aromatic heterocycles. The summed E-state index contributed by atoms with van der Waals surface area (Å²) in [4.78, 5) is 14.8. The second kappa shape index (κ2) is 18.5. The molecule has 0 radical (unpaired) electrons. The first-order valence-electron chi connectivity index (χ1n) is 16.4. The van der Waals surface area contributed by atoms with Crippen molar-refractivity contribution < 1.29 is 20.1 Å². The molecule has 1 saturated carbocycles. The van der Waals surface area contributed by atoms with Gasteiger partial charge in [0.15, 0.2) is 5.79 Å². The van der Waals surface area contributed by atoms with Crippen molar-refractivity contribution in [3.8, 4) is 10.6 Å². The summed E-state index contributed by atoms with van der Waals surface area (Å²) in [7, 11) is 0. The molecule has 2 aromatic carbocycles. The molecule has 2 unspecified atom stereocenters. The largest absolute Gasteiger partial charge is 0.491 e. The Hall–Kier alpha value is -3.83. The topological polar surface area (TPSA) is 133 Å². The average Bonchev–Trinajstić information content (AvgIpc) is 3.69. The molecule has 47 heavy (non-hydrogen) atoms. The van der Waals surface area contributed by atoms with Crippen LogP contribution in [-0.2, 0) is 11.3 Å². The van der Waals surface area contributed by atoms with Crippen LogP contribution in [-0.4, -0.2) is 48.7 Å². The van der Waals surface area contributed by atoms with E-state index in [9.17, 15) is 5.11 Å². The molecule has 0 saturated heterocycles. The van der Waals surface area contributed by atoms with Crippen molar-refractivity contribution in [1.82, 2.24) is 15.0 Å². The Labute approximate surface area is 283 Å². The van der Waals surface area contributed by atoms with Gasteiger partial charge in [-0.2, -0.15) is 4.98 Å². The third-order valence-electron chi connectivity index (χ3n) is 7.18. The van der Waals surface area contributed by atoms with E-state index in [1.165, 1.54) is 13.8 Å². The van der Waals surface area contributed by atoms with E-state index in [2.05, 4.69) is 41.8 Å². The van der Waals surface area contributed by atoms with Crippen molar-refractivity contribution in [2.45, 2.75) is 92.6 Å². The van der Waals surface area contributed by atoms with Gasteiger partial charge in [0, 0.05) is 12.6 Å². The number of thiazole rings is 1. The molecule has 5 N–H and O–H groups in total. The minimum Gasteiger partial charge on any atom is -0.491 e. The van der Waals surface area contributed by atoms with Gasteiger partial charge in [0.2, 0.25) is 5.95 Å². The lowest BCUT2D eigenvalue weighted by Crippen LogP contribution is -2.19. The molecule has 1 aliphatic carbocycles. The summed E-state index contributed by atoms with van der Waals surface area (Å²) >= 11 is 1.65. The van der Waals surface area contributed by atoms with Gasteiger partial charge in [-0.25, -0.2) is 9.97 Å². The summed E-state index contributed by atoms with van der Waals surface area (Å²) < 4.78 is 7.27. The number of aliphatic hydroxyl groups excluding tert-OH is 1. The highest BCUT2D eigenvalue weighted by Gasteiger charge is 2.27. The van der Waals surface area contributed by atoms with E-state index in [0.717, 1.165) is 75.0 Å². The number of aromatic nitrogens is 3. The maximum Gasteiger partial charge on any atom is 0.229 e. The molecule has 0 amide bonds. The number of para-hydroxylation sites is 1. The highest BCUT2D eigenvalue weighted by atomic mass is 32.1. The molecule has 4 aromatic rings. The number of hydrogen-bond acceptors (Lipinski definition) is 10. The van der Waals surface area contributed by atoms with Crippen molar-refractivity contribution in [2.75, 3.05) is 17.2 Å². The summed E-state index contributed by atoms with van der Waals surface area (Å²) in [6, 6.07) is 18.5. The van der Waals surface area contributed by atoms with Gasteiger partial charge in [-0.1, -0.05) is 69.3 Å². The van der Waals surface area contributed by atoms with E-state index in [0.29, 0.717) is 18.5 Å². The van der Waals surface area contributed by atoms with Gasteiger partial charge in [-0.3, -0.25) is 0 Å². The summed E-state index contributed by atoms with van der Waals surface area (Å²) in [5.41, 5.74) is 4.66. The number of nitrogens with one attached hydrogen (secondary N) is 2. The number of benzene rings is 2. The fraction of sp³-hybridized carbons (Fsp3) is 0.432. The lowest BCUT2D eigenvalue weighted by molar-refractivity contribution is -0.127. The number of hydrogen-bond donors (Lipinski definition) is 5. The fourth-order valence-electron chi connectivity index (χ4n) is 4.98. The van der Waals surface area contributed by atoms with Gasteiger partial charge < -0.3 is 30.7 Å². The van der Waals surface area contributed by atoms with Crippen LogP contribution < -0.4 is 10.6 Å². The zero-order chi connectivity index (χ0) is 34.4. The monoisotopic (exact) mass is 661 g/mol. The van der Waals surface area contributed by atoms with E-state index in [4.69, 9.17) is 29.9 Å². The van der Waals surface area contributed by atoms with Gasteiger partial charge in [0.05, 0.1) is 27.2 Å². The molecule has 1 aliphatic rings. The van der Waals surface area contributed by atoms with Crippen LogP contribution in [0.2, 0.25) is 0 Å². The Morgan fingerprint density at radius 3 is 2.34 bits per heavy atom. The first kappa shape index (κ1) is 37.6. The highest BCUT2D eigenvalue weighted by molar-refractivity contribution is 7.21. The van der Waals surface area contributed by atoms with Crippen molar-refractivity contribution in [3.63, 3.8) is 0 Å². The Bertz CT molecular complexity index is 1560. The predicted octanol–water partition coefficient (Wildman–Crippen LogP) is 8.19. The van der Waals surface area contributed by atoms with Gasteiger partial charge in [0.1, 0.15) is 23.2 Å². The molecule has 5 rings (SSSR count). The fourth-order valence-corrected chi connectivity index (χ4v) is 6.04. The van der Waals surface area contributed by atoms with Crippen LogP contribution in [0.3, 0.4) is 0 Å². The first-order valence-corrected chi connectivity index (χ1v) is 17.2. The number of anilines is 2. The van der Waals surface area contributed by atoms with E-state index in [-0.39, 0.29) is 12.6 Å². The molecular formula is C37H51N5O4S. The van der Waals surface area contributed by atoms with Crippen LogP contribution in [0.4, 0.5) is 11.8 Å². The number of fused-ring (bicyclic) bond motifs is 1. The van der Waals surface area contributed by atoms with Gasteiger partial charge in [-0.05, 0) is 83.1 Å². The summed E-state index contributed by atoms with van der Waals surface area (Å²) in [6.45, 7) is 13.4. The Morgan fingerprint density at radius 1 is 1.02 bits per heavy atom. The Kier molecular flexibility index (Phi) is 14.8. The van der Waals surface area contributed by atoms with Crippen molar-refractivity contribution in [1.29, 1.82) is 0 Å². The SMILES string of the molecule is CC.CC(C)(O)O.CC/C=C\C(Nc1nc(C)c(-c2nc3ccccc3s2)c(NC2CCC(CO)C2)n1)=C(/C)OCc1ccccc1. The molecular weight excluding hydrogens is 611 g/mol. The zero-order valence-corrected chi connectivity index (χ0v) is 29.6. The van der Waals surface area contributed by atoms with Crippen LogP contribution in [0.1, 0.15) is 78.5 Å². The third kappa shape index (κ3) is 12.0. The third-order valence-corrected chi connectivity index (χ3v) is 8.24. The summed E-state index contributed by atoms with van der Waals surface area (Å²) in [6.07, 6.45) is 7.93. The van der Waals surface area contributed by atoms with Crippen molar-refractivity contribution in [2.24, 2.45) is 5.92 Å². The van der Waals surface area contributed by atoms with E-state index >= 15 is 0 Å². The molecule has 0 bridgehead atoms. The number of aryl methyl sites for hydroxylation is 1. The van der Waals surface area contributed by atoms with E-state index in [1.54, 1.807) is 11.3 Å². The summed E-state index contributed by atoms with van der Waals surface area (Å²) in [5, 5.41) is 33.9. The van der Waals surface area contributed by atoms with Crippen LogP contribution in [0.15, 0.2) is 78.2 Å². The van der Waals surface area contributed by atoms with Crippen molar-refractivity contribution >= 4 is 33.3 Å². The zero-order valence-electron chi connectivity index (χ0n) is 28.7. The smallest absolute Gasteiger partial charge is 0.229 e. The second-order valence-electron chi connectivity index (χ2n) is 11.7. The molecule has 254 valence electrons. The van der Waals surface area contributed by atoms with Crippen LogP contribution >= 0.6 is 11.3 Å². The number of ether oxygens (including phenoxy) is 1. The minimum absolute atomic E-state index is 0.221. The normalized spacial score (nSPS) is 16.6. The molecule has 2 atom stereocenters. The van der Waals surface area contributed by atoms with Gasteiger partial charge in [-0.15, -0.1) is 11.3 Å². The first-order chi connectivity index (χ1) is 22.5. The quantitative estimate of drug-likeness (QED) is 0.0613. The van der Waals surface area contributed by atoms with Crippen molar-refractivity contribution in [3.05, 3.63) is 89.5 Å². The highest BCUT2D eigenvalue weighted by Crippen LogP contribution is 2.38. The van der Waals surface area contributed by atoms with E-state index < -0.39 is 5.79 Å². The maximum atomic E-state index is 9.69. The number of nitrogens with zero attached hydrogens (tertiary/aromatic N) is 3. The lowest BCUT2D eigenvalue weighted by Gasteiger charge is -2.19. The number of aliphatic hydroxyl groups is 3. The van der Waals surface area contributed by atoms with Crippen LogP contribution in [0, 0.1) is 12.8 Å². The Morgan fingerprint density at radius 2 is 1.70 bits per heavy atom. The molecule has 9 nitrogen and oxygen atoms in total. The standard InChI is InChI=1S/C32H37N5O2S.C3H8O2.C2H6/c1-4-5-13-26(22(3)39-20-23-11-7-6-8-12-23)36-32-33-21(2)29(31-35-27-14-9-10-15-28(27)40-31)30(37-32)34-25-17-16-24(18-25)19-38;1-3(2,4)5;1-2/h5-15,24-25,38H,4,16-20H2,1-3H3,(H2,33,34,36,37);4-5H,1-2H3;1-2H3/b13-5-,26-22-;;. The molecule has 0 spiro atoms. The van der Waals surface area contributed by atoms with Gasteiger partial charge in [0.25, 0.3) is 0 Å². The van der Waals surface area contributed by atoms with E-state index in [1.807, 2.05) is 70.2 Å². The summed E-state index contributed by atoms with van der Waals surface area (Å²) in [5.74, 6) is 0.850. The number of allylic oxidation sites excluding steroid dienone is 3. The molecule has 1 fully saturated rings. The molecule has 2 heterocycles. The van der Waals surface area contributed by atoms with Gasteiger partial charge >= 0.3 is 0 Å². The maximum absolute atomic E-state index is 9.69. The second-order valence-corrected chi connectivity index (χ2v) is 12.8.